The van der Waals surface area contributed by atoms with Gasteiger partial charge in [0.1, 0.15) is 6.67 Å². The number of nitrogens with zero attached hydrogens (tertiary/aromatic N) is 3. The Morgan fingerprint density at radius 3 is 2.84 bits per heavy atom. The van der Waals surface area contributed by atoms with E-state index in [1.807, 2.05) is 22.9 Å². The van der Waals surface area contributed by atoms with E-state index in [1.165, 1.54) is 5.56 Å². The van der Waals surface area contributed by atoms with Crippen LogP contribution in [0.3, 0.4) is 0 Å². The van der Waals surface area contributed by atoms with E-state index in [1.54, 1.807) is 12.3 Å². The molecule has 0 N–H and O–H groups in total. The largest absolute Gasteiger partial charge is 0.261 e. The number of benzene rings is 1. The maximum absolute atomic E-state index is 6.10. The highest BCUT2D eigenvalue weighted by Crippen LogP contribution is 2.22. The van der Waals surface area contributed by atoms with Crippen LogP contribution in [0.4, 0.5) is 0 Å². The van der Waals surface area contributed by atoms with Gasteiger partial charge >= 0.3 is 0 Å². The van der Waals surface area contributed by atoms with Gasteiger partial charge in [0.05, 0.1) is 11.9 Å². The Morgan fingerprint density at radius 2 is 2.20 bits per heavy atom. The lowest BCUT2D eigenvalue weighted by Gasteiger charge is -2.08. The van der Waals surface area contributed by atoms with Gasteiger partial charge < -0.3 is 0 Å². The maximum atomic E-state index is 6.10. The van der Waals surface area contributed by atoms with Crippen LogP contribution in [0.2, 0.25) is 0 Å². The van der Waals surface area contributed by atoms with E-state index in [9.17, 15) is 0 Å². The molecule has 0 saturated carbocycles. The van der Waals surface area contributed by atoms with Crippen molar-refractivity contribution in [3.05, 3.63) is 84.2 Å². The Bertz CT molecular complexity index is 812. The molecule has 0 atom stereocenters. The summed E-state index contributed by atoms with van der Waals surface area (Å²) in [5.74, 6) is 0. The first-order valence-corrected chi connectivity index (χ1v) is 8.74. The monoisotopic (exact) mass is 353 g/mol. The normalized spacial score (nSPS) is 11.9. The molecule has 0 aliphatic rings. The Morgan fingerprint density at radius 1 is 1.40 bits per heavy atom. The number of hydrogen-bond acceptors (Lipinski definition) is 2. The zero-order valence-corrected chi connectivity index (χ0v) is 15.6. The highest BCUT2D eigenvalue weighted by Gasteiger charge is 2.11. The third-order valence-corrected chi connectivity index (χ3v) is 4.01. The molecular formula is C21H24ClN3. The van der Waals surface area contributed by atoms with Gasteiger partial charge in [-0.2, -0.15) is 5.10 Å². The van der Waals surface area contributed by atoms with Crippen molar-refractivity contribution in [2.75, 3.05) is 0 Å². The molecule has 1 heterocycles. The molecule has 0 spiro atoms. The fourth-order valence-electron chi connectivity index (χ4n) is 2.61. The summed E-state index contributed by atoms with van der Waals surface area (Å²) in [6.45, 7) is 12.2. The van der Waals surface area contributed by atoms with E-state index in [2.05, 4.69) is 50.3 Å². The van der Waals surface area contributed by atoms with Gasteiger partial charge in [-0.3, -0.25) is 4.99 Å². The van der Waals surface area contributed by atoms with Gasteiger partial charge in [-0.05, 0) is 31.1 Å². The molecule has 0 amide bonds. The highest BCUT2D eigenvalue weighted by atomic mass is 35.5. The molecule has 2 aromatic rings. The topological polar surface area (TPSA) is 30.2 Å². The van der Waals surface area contributed by atoms with Crippen LogP contribution in [0.1, 0.15) is 35.7 Å². The van der Waals surface area contributed by atoms with Crippen molar-refractivity contribution in [1.29, 1.82) is 0 Å². The van der Waals surface area contributed by atoms with Gasteiger partial charge in [0, 0.05) is 16.3 Å². The molecule has 2 rings (SSSR count). The Hall–Kier alpha value is -2.39. The first kappa shape index (κ1) is 18.9. The molecule has 0 fully saturated rings. The van der Waals surface area contributed by atoms with Crippen molar-refractivity contribution in [2.24, 2.45) is 4.99 Å². The fourth-order valence-corrected chi connectivity index (χ4v) is 2.76. The highest BCUT2D eigenvalue weighted by molar-refractivity contribution is 6.48. The number of aliphatic imine (C=N–C) groups is 1. The number of halogens is 1. The van der Waals surface area contributed by atoms with Crippen molar-refractivity contribution in [3.63, 3.8) is 0 Å². The second-order valence-electron chi connectivity index (χ2n) is 5.81. The molecular weight excluding hydrogens is 330 g/mol. The minimum atomic E-state index is 0.435. The molecule has 0 bridgehead atoms. The van der Waals surface area contributed by atoms with Crippen LogP contribution < -0.4 is 0 Å². The third-order valence-electron chi connectivity index (χ3n) is 3.81. The zero-order chi connectivity index (χ0) is 18.2. The maximum Gasteiger partial charge on any atom is 0.132 e. The average Bonchev–Trinajstić information content (AvgIpc) is 2.98. The first-order valence-electron chi connectivity index (χ1n) is 8.36. The molecule has 3 nitrogen and oxygen atoms in total. The lowest BCUT2D eigenvalue weighted by molar-refractivity contribution is 0.600. The summed E-state index contributed by atoms with van der Waals surface area (Å²) in [5, 5.41) is 4.96. The molecule has 1 aromatic heterocycles. The standard InChI is InChI=1S/C21H24ClN3/c1-5-7-12-20(18-11-8-10-16(3)13-18)23-15-25-21(9-6-2)19(14-24-25)17(4)22/h5,7-8,10-14H,1,4,6,9,15H2,2-3H3/b12-7-,23-20?. The zero-order valence-electron chi connectivity index (χ0n) is 14.9. The van der Waals surface area contributed by atoms with Crippen molar-refractivity contribution in [3.8, 4) is 0 Å². The van der Waals surface area contributed by atoms with Crippen molar-refractivity contribution < 1.29 is 0 Å². The second-order valence-corrected chi connectivity index (χ2v) is 6.26. The lowest BCUT2D eigenvalue weighted by atomic mass is 10.1. The van der Waals surface area contributed by atoms with Gasteiger partial charge in [0.2, 0.25) is 0 Å². The van der Waals surface area contributed by atoms with Gasteiger partial charge in [-0.25, -0.2) is 4.68 Å². The van der Waals surface area contributed by atoms with Gasteiger partial charge in [0.25, 0.3) is 0 Å². The summed E-state index contributed by atoms with van der Waals surface area (Å²) < 4.78 is 1.89. The number of hydrogen-bond donors (Lipinski definition) is 0. The van der Waals surface area contributed by atoms with Crippen LogP contribution in [0.5, 0.6) is 0 Å². The van der Waals surface area contributed by atoms with Crippen LogP contribution in [0.15, 0.2) is 66.8 Å². The van der Waals surface area contributed by atoms with Crippen molar-refractivity contribution in [1.82, 2.24) is 9.78 Å². The van der Waals surface area contributed by atoms with Crippen molar-refractivity contribution >= 4 is 22.3 Å². The molecule has 25 heavy (non-hydrogen) atoms. The van der Waals surface area contributed by atoms with Crippen molar-refractivity contribution in [2.45, 2.75) is 33.4 Å². The second kappa shape index (κ2) is 9.19. The summed E-state index contributed by atoms with van der Waals surface area (Å²) in [6, 6.07) is 8.28. The molecule has 1 aromatic carbocycles. The van der Waals surface area contributed by atoms with Crippen LogP contribution in [-0.2, 0) is 13.1 Å². The average molecular weight is 354 g/mol. The van der Waals surface area contributed by atoms with E-state index in [4.69, 9.17) is 16.6 Å². The number of aryl methyl sites for hydroxylation is 1. The van der Waals surface area contributed by atoms with Gasteiger partial charge in [0.15, 0.2) is 0 Å². The molecule has 4 heteroatoms. The SMILES string of the molecule is C=C/C=C\C(=NCn1ncc(C(=C)Cl)c1CCC)c1cccc(C)c1. The number of aromatic nitrogens is 2. The van der Waals surface area contributed by atoms with Crippen LogP contribution in [-0.4, -0.2) is 15.5 Å². The lowest BCUT2D eigenvalue weighted by Crippen LogP contribution is -2.07. The molecule has 0 saturated heterocycles. The Labute approximate surface area is 155 Å². The van der Waals surface area contributed by atoms with E-state index < -0.39 is 0 Å². The van der Waals surface area contributed by atoms with Crippen LogP contribution in [0.25, 0.3) is 5.03 Å². The van der Waals surface area contributed by atoms with Gasteiger partial charge in [-0.15, -0.1) is 0 Å². The summed E-state index contributed by atoms with van der Waals surface area (Å²) in [7, 11) is 0. The smallest absolute Gasteiger partial charge is 0.132 e. The molecule has 130 valence electrons. The minimum Gasteiger partial charge on any atom is -0.261 e. The van der Waals surface area contributed by atoms with E-state index in [0.717, 1.165) is 35.4 Å². The third kappa shape index (κ3) is 5.04. The Balaban J connectivity index is 2.37. The van der Waals surface area contributed by atoms with E-state index in [0.29, 0.717) is 11.7 Å². The van der Waals surface area contributed by atoms with Crippen LogP contribution in [0, 0.1) is 6.92 Å². The van der Waals surface area contributed by atoms with Gasteiger partial charge in [-0.1, -0.05) is 74.0 Å². The fraction of sp³-hybridized carbons (Fsp3) is 0.238. The number of rotatable bonds is 8. The minimum absolute atomic E-state index is 0.435. The summed E-state index contributed by atoms with van der Waals surface area (Å²) in [4.78, 5) is 4.77. The molecule has 0 aliphatic heterocycles. The summed E-state index contributed by atoms with van der Waals surface area (Å²) >= 11 is 6.10. The van der Waals surface area contributed by atoms with E-state index in [-0.39, 0.29) is 0 Å². The quantitative estimate of drug-likeness (QED) is 0.452. The van der Waals surface area contributed by atoms with Crippen LogP contribution >= 0.6 is 11.6 Å². The summed E-state index contributed by atoms with van der Waals surface area (Å²) in [5.41, 5.74) is 5.14. The van der Waals surface area contributed by atoms with E-state index >= 15 is 0 Å². The molecule has 0 aliphatic carbocycles. The number of allylic oxidation sites excluding steroid dienone is 3. The molecule has 0 radical (unpaired) electrons. The Kier molecular flexibility index (Phi) is 6.96. The first-order chi connectivity index (χ1) is 12.1. The molecule has 0 unspecified atom stereocenters. The predicted octanol–water partition coefficient (Wildman–Crippen LogP) is 5.54. The summed E-state index contributed by atoms with van der Waals surface area (Å²) in [6.07, 6.45) is 9.26. The predicted molar refractivity (Wildman–Crippen MR) is 108 cm³/mol.